The van der Waals surface area contributed by atoms with Gasteiger partial charge in [0.2, 0.25) is 0 Å². The Morgan fingerprint density at radius 1 is 1.47 bits per heavy atom. The average Bonchev–Trinajstić information content (AvgIpc) is 2.33. The SMILES string of the molecule is C[C@]1(O)CC[C@@H](Nc2ccc(Br)cc2[N+](=O)[O-])CC1. The highest BCUT2D eigenvalue weighted by Gasteiger charge is 2.29. The van der Waals surface area contributed by atoms with Crippen LogP contribution in [0.4, 0.5) is 11.4 Å². The number of halogens is 1. The first kappa shape index (κ1) is 14.3. The lowest BCUT2D eigenvalue weighted by atomic mass is 9.83. The number of hydrogen-bond donors (Lipinski definition) is 2. The third kappa shape index (κ3) is 3.67. The summed E-state index contributed by atoms with van der Waals surface area (Å²) in [5.74, 6) is 0. The predicted octanol–water partition coefficient (Wildman–Crippen LogP) is 3.46. The molecule has 0 heterocycles. The molecule has 0 saturated heterocycles. The fraction of sp³-hybridized carbons (Fsp3) is 0.538. The lowest BCUT2D eigenvalue weighted by molar-refractivity contribution is -0.384. The molecule has 19 heavy (non-hydrogen) atoms. The molecule has 0 aromatic heterocycles. The Morgan fingerprint density at radius 2 is 2.11 bits per heavy atom. The first-order valence-corrected chi connectivity index (χ1v) is 7.09. The molecule has 0 radical (unpaired) electrons. The van der Waals surface area contributed by atoms with Gasteiger partial charge in [-0.15, -0.1) is 0 Å². The van der Waals surface area contributed by atoms with Gasteiger partial charge in [-0.05, 0) is 44.7 Å². The Morgan fingerprint density at radius 3 is 2.68 bits per heavy atom. The third-order valence-corrected chi connectivity index (χ3v) is 4.07. The van der Waals surface area contributed by atoms with Crippen molar-refractivity contribution in [2.45, 2.75) is 44.2 Å². The summed E-state index contributed by atoms with van der Waals surface area (Å²) in [5.41, 5.74) is 0.0237. The second-order valence-corrected chi connectivity index (χ2v) is 6.25. The maximum atomic E-state index is 11.0. The van der Waals surface area contributed by atoms with Crippen LogP contribution in [0, 0.1) is 10.1 Å². The van der Waals surface area contributed by atoms with Gasteiger partial charge in [0.05, 0.1) is 10.5 Å². The van der Waals surface area contributed by atoms with Crippen molar-refractivity contribution >= 4 is 27.3 Å². The van der Waals surface area contributed by atoms with Crippen molar-refractivity contribution in [3.05, 3.63) is 32.8 Å². The number of anilines is 1. The molecule has 1 aliphatic carbocycles. The minimum Gasteiger partial charge on any atom is -0.390 e. The molecule has 104 valence electrons. The third-order valence-electron chi connectivity index (χ3n) is 3.58. The minimum atomic E-state index is -0.593. The summed E-state index contributed by atoms with van der Waals surface area (Å²) in [7, 11) is 0. The zero-order valence-electron chi connectivity index (χ0n) is 10.7. The van der Waals surface area contributed by atoms with Gasteiger partial charge in [0.15, 0.2) is 0 Å². The minimum absolute atomic E-state index is 0.0757. The Labute approximate surface area is 120 Å². The summed E-state index contributed by atoms with van der Waals surface area (Å²) < 4.78 is 0.691. The van der Waals surface area contributed by atoms with E-state index in [9.17, 15) is 15.2 Å². The molecule has 1 saturated carbocycles. The van der Waals surface area contributed by atoms with Crippen molar-refractivity contribution in [1.82, 2.24) is 0 Å². The Kier molecular flexibility index (Phi) is 4.10. The van der Waals surface area contributed by atoms with E-state index in [0.717, 1.165) is 25.7 Å². The molecular formula is C13H17BrN2O3. The normalized spacial score (nSPS) is 27.0. The van der Waals surface area contributed by atoms with Crippen LogP contribution in [0.3, 0.4) is 0 Å². The Balaban J connectivity index is 2.10. The van der Waals surface area contributed by atoms with Gasteiger partial charge >= 0.3 is 0 Å². The fourth-order valence-corrected chi connectivity index (χ4v) is 2.73. The first-order valence-electron chi connectivity index (χ1n) is 6.30. The molecule has 0 aliphatic heterocycles. The van der Waals surface area contributed by atoms with Crippen molar-refractivity contribution in [2.24, 2.45) is 0 Å². The van der Waals surface area contributed by atoms with E-state index in [1.807, 2.05) is 6.92 Å². The molecule has 0 unspecified atom stereocenters. The van der Waals surface area contributed by atoms with Gasteiger partial charge in [0, 0.05) is 16.6 Å². The zero-order valence-corrected chi connectivity index (χ0v) is 12.3. The average molecular weight is 329 g/mol. The number of hydrogen-bond acceptors (Lipinski definition) is 4. The highest BCUT2D eigenvalue weighted by Crippen LogP contribution is 2.33. The van der Waals surface area contributed by atoms with Crippen LogP contribution in [-0.4, -0.2) is 21.7 Å². The van der Waals surface area contributed by atoms with Gasteiger partial charge in [-0.25, -0.2) is 0 Å². The van der Waals surface area contributed by atoms with E-state index in [-0.39, 0.29) is 16.7 Å². The number of aliphatic hydroxyl groups is 1. The summed E-state index contributed by atoms with van der Waals surface area (Å²) in [6.07, 6.45) is 3.07. The van der Waals surface area contributed by atoms with Crippen LogP contribution in [0.5, 0.6) is 0 Å². The molecule has 5 nitrogen and oxygen atoms in total. The maximum absolute atomic E-state index is 11.0. The number of nitrogens with zero attached hydrogens (tertiary/aromatic N) is 1. The van der Waals surface area contributed by atoms with Gasteiger partial charge in [-0.1, -0.05) is 15.9 Å². The van der Waals surface area contributed by atoms with E-state index in [0.29, 0.717) is 10.2 Å². The summed E-state index contributed by atoms with van der Waals surface area (Å²) in [4.78, 5) is 10.6. The largest absolute Gasteiger partial charge is 0.390 e. The van der Waals surface area contributed by atoms with Gasteiger partial charge < -0.3 is 10.4 Å². The molecule has 0 atom stereocenters. The summed E-state index contributed by atoms with van der Waals surface area (Å²) >= 11 is 3.24. The quantitative estimate of drug-likeness (QED) is 0.658. The predicted molar refractivity (Wildman–Crippen MR) is 77.3 cm³/mol. The summed E-state index contributed by atoms with van der Waals surface area (Å²) in [6.45, 7) is 1.84. The molecule has 0 amide bonds. The second-order valence-electron chi connectivity index (χ2n) is 5.33. The van der Waals surface area contributed by atoms with Crippen molar-refractivity contribution in [3.8, 4) is 0 Å². The molecule has 0 spiro atoms. The van der Waals surface area contributed by atoms with Crippen LogP contribution in [0.15, 0.2) is 22.7 Å². The molecule has 0 bridgehead atoms. The standard InChI is InChI=1S/C13H17BrN2O3/c1-13(17)6-4-10(5-7-13)15-11-3-2-9(14)8-12(11)16(18)19/h2-3,8,10,15,17H,4-7H2,1H3/t10-,13+. The lowest BCUT2D eigenvalue weighted by Crippen LogP contribution is -2.35. The molecule has 2 rings (SSSR count). The van der Waals surface area contributed by atoms with Gasteiger partial charge in [0.1, 0.15) is 5.69 Å². The van der Waals surface area contributed by atoms with Crippen LogP contribution in [0.25, 0.3) is 0 Å². The van der Waals surface area contributed by atoms with Crippen LogP contribution in [-0.2, 0) is 0 Å². The lowest BCUT2D eigenvalue weighted by Gasteiger charge is -2.33. The molecule has 1 aromatic rings. The van der Waals surface area contributed by atoms with Crippen LogP contribution < -0.4 is 5.32 Å². The zero-order chi connectivity index (χ0) is 14.0. The van der Waals surface area contributed by atoms with E-state index in [1.165, 1.54) is 6.07 Å². The number of nitro groups is 1. The van der Waals surface area contributed by atoms with E-state index in [1.54, 1.807) is 12.1 Å². The van der Waals surface area contributed by atoms with E-state index in [4.69, 9.17) is 0 Å². The van der Waals surface area contributed by atoms with E-state index >= 15 is 0 Å². The Bertz CT molecular complexity index is 481. The molecule has 2 N–H and O–H groups in total. The maximum Gasteiger partial charge on any atom is 0.293 e. The van der Waals surface area contributed by atoms with E-state index < -0.39 is 5.60 Å². The number of nitrogens with one attached hydrogen (secondary N) is 1. The smallest absolute Gasteiger partial charge is 0.293 e. The topological polar surface area (TPSA) is 75.4 Å². The number of rotatable bonds is 3. The first-order chi connectivity index (χ1) is 8.87. The Hall–Kier alpha value is -1.14. The van der Waals surface area contributed by atoms with Crippen molar-refractivity contribution in [2.75, 3.05) is 5.32 Å². The molecule has 1 aromatic carbocycles. The second kappa shape index (κ2) is 5.46. The van der Waals surface area contributed by atoms with Crippen LogP contribution >= 0.6 is 15.9 Å². The van der Waals surface area contributed by atoms with Crippen molar-refractivity contribution in [3.63, 3.8) is 0 Å². The monoisotopic (exact) mass is 328 g/mol. The van der Waals surface area contributed by atoms with Crippen LogP contribution in [0.2, 0.25) is 0 Å². The highest BCUT2D eigenvalue weighted by molar-refractivity contribution is 9.10. The summed E-state index contributed by atoms with van der Waals surface area (Å²) in [6, 6.07) is 5.19. The van der Waals surface area contributed by atoms with E-state index in [2.05, 4.69) is 21.2 Å². The number of benzene rings is 1. The molecule has 6 heteroatoms. The molecule has 1 fully saturated rings. The van der Waals surface area contributed by atoms with Gasteiger partial charge in [-0.2, -0.15) is 0 Å². The van der Waals surface area contributed by atoms with Crippen LogP contribution in [0.1, 0.15) is 32.6 Å². The van der Waals surface area contributed by atoms with Gasteiger partial charge in [-0.3, -0.25) is 10.1 Å². The van der Waals surface area contributed by atoms with Gasteiger partial charge in [0.25, 0.3) is 5.69 Å². The fourth-order valence-electron chi connectivity index (χ4n) is 2.38. The molecular weight excluding hydrogens is 312 g/mol. The van der Waals surface area contributed by atoms with Crippen molar-refractivity contribution < 1.29 is 10.0 Å². The molecule has 1 aliphatic rings. The van der Waals surface area contributed by atoms with Crippen molar-refractivity contribution in [1.29, 1.82) is 0 Å². The summed E-state index contributed by atoms with van der Waals surface area (Å²) in [5, 5.41) is 24.1. The highest BCUT2D eigenvalue weighted by atomic mass is 79.9. The number of nitro benzene ring substituents is 1.